The number of hydrogen-bond donors (Lipinski definition) is 1. The monoisotopic (exact) mass is 231 g/mol. The number of rotatable bonds is 12. The highest BCUT2D eigenvalue weighted by Gasteiger charge is 1.94. The molecule has 3 heteroatoms. The smallest absolute Gasteiger partial charge is 0.0590 e. The molecular formula is C13H29NO2. The van der Waals surface area contributed by atoms with Gasteiger partial charge >= 0.3 is 0 Å². The Morgan fingerprint density at radius 3 is 2.44 bits per heavy atom. The second-order valence-corrected chi connectivity index (χ2v) is 4.60. The van der Waals surface area contributed by atoms with Crippen molar-refractivity contribution in [1.82, 2.24) is 5.32 Å². The first-order valence-corrected chi connectivity index (χ1v) is 6.54. The van der Waals surface area contributed by atoms with E-state index >= 15 is 0 Å². The van der Waals surface area contributed by atoms with Gasteiger partial charge in [-0.25, -0.2) is 0 Å². The molecule has 0 atom stereocenters. The number of methoxy groups -OCH3 is 1. The number of hydrogen-bond acceptors (Lipinski definition) is 3. The lowest BCUT2D eigenvalue weighted by Crippen LogP contribution is -2.21. The highest BCUT2D eigenvalue weighted by Crippen LogP contribution is 1.98. The summed E-state index contributed by atoms with van der Waals surface area (Å²) in [5.74, 6) is 0.744. The highest BCUT2D eigenvalue weighted by atomic mass is 16.5. The quantitative estimate of drug-likeness (QED) is 0.523. The lowest BCUT2D eigenvalue weighted by atomic mass is 10.1. The summed E-state index contributed by atoms with van der Waals surface area (Å²) in [4.78, 5) is 0. The van der Waals surface area contributed by atoms with Crippen molar-refractivity contribution in [1.29, 1.82) is 0 Å². The van der Waals surface area contributed by atoms with Gasteiger partial charge in [-0.15, -0.1) is 0 Å². The summed E-state index contributed by atoms with van der Waals surface area (Å²) in [5, 5.41) is 3.38. The van der Waals surface area contributed by atoms with Crippen LogP contribution in [-0.2, 0) is 9.47 Å². The molecule has 98 valence electrons. The SMILES string of the molecule is COCCCCCNCCOCCC(C)C. The third kappa shape index (κ3) is 13.9. The molecule has 1 N–H and O–H groups in total. The van der Waals surface area contributed by atoms with Gasteiger partial charge in [0.25, 0.3) is 0 Å². The Kier molecular flexibility index (Phi) is 12.9. The molecule has 0 spiro atoms. The van der Waals surface area contributed by atoms with E-state index in [0.717, 1.165) is 45.2 Å². The molecule has 0 saturated carbocycles. The van der Waals surface area contributed by atoms with Crippen LogP contribution in [0.5, 0.6) is 0 Å². The van der Waals surface area contributed by atoms with Gasteiger partial charge in [0, 0.05) is 26.9 Å². The predicted molar refractivity (Wildman–Crippen MR) is 68.9 cm³/mol. The van der Waals surface area contributed by atoms with Crippen molar-refractivity contribution in [2.75, 3.05) is 40.0 Å². The Labute approximate surface area is 101 Å². The van der Waals surface area contributed by atoms with Crippen molar-refractivity contribution >= 4 is 0 Å². The summed E-state index contributed by atoms with van der Waals surface area (Å²) in [6.45, 7) is 9.14. The molecule has 0 aromatic heterocycles. The van der Waals surface area contributed by atoms with Gasteiger partial charge in [-0.3, -0.25) is 0 Å². The second kappa shape index (κ2) is 12.9. The van der Waals surface area contributed by atoms with Crippen LogP contribution in [-0.4, -0.2) is 40.0 Å². The topological polar surface area (TPSA) is 30.5 Å². The van der Waals surface area contributed by atoms with Crippen molar-refractivity contribution in [3.63, 3.8) is 0 Å². The first-order chi connectivity index (χ1) is 7.77. The highest BCUT2D eigenvalue weighted by molar-refractivity contribution is 4.49. The second-order valence-electron chi connectivity index (χ2n) is 4.60. The molecule has 0 aliphatic rings. The minimum Gasteiger partial charge on any atom is -0.385 e. The van der Waals surface area contributed by atoms with Gasteiger partial charge in [0.05, 0.1) is 6.61 Å². The summed E-state index contributed by atoms with van der Waals surface area (Å²) in [5.41, 5.74) is 0. The van der Waals surface area contributed by atoms with Gasteiger partial charge in [-0.1, -0.05) is 13.8 Å². The predicted octanol–water partition coefficient (Wildman–Crippen LogP) is 2.46. The van der Waals surface area contributed by atoms with Crippen molar-refractivity contribution in [2.24, 2.45) is 5.92 Å². The Bertz CT molecular complexity index is 129. The van der Waals surface area contributed by atoms with E-state index in [0.29, 0.717) is 0 Å². The third-order valence-corrected chi connectivity index (χ3v) is 2.46. The fourth-order valence-corrected chi connectivity index (χ4v) is 1.36. The molecule has 0 aliphatic carbocycles. The van der Waals surface area contributed by atoms with E-state index in [-0.39, 0.29) is 0 Å². The Hall–Kier alpha value is -0.120. The number of unbranched alkanes of at least 4 members (excludes halogenated alkanes) is 2. The Morgan fingerprint density at radius 1 is 0.938 bits per heavy atom. The van der Waals surface area contributed by atoms with Crippen LogP contribution in [0.4, 0.5) is 0 Å². The average molecular weight is 231 g/mol. The lowest BCUT2D eigenvalue weighted by Gasteiger charge is -2.07. The zero-order chi connectivity index (χ0) is 12.1. The van der Waals surface area contributed by atoms with E-state index in [1.165, 1.54) is 19.3 Å². The summed E-state index contributed by atoms with van der Waals surface area (Å²) in [7, 11) is 1.76. The van der Waals surface area contributed by atoms with Crippen LogP contribution < -0.4 is 5.32 Å². The van der Waals surface area contributed by atoms with E-state index in [1.54, 1.807) is 7.11 Å². The van der Waals surface area contributed by atoms with Gasteiger partial charge in [-0.05, 0) is 38.1 Å². The maximum Gasteiger partial charge on any atom is 0.0590 e. The molecule has 0 radical (unpaired) electrons. The zero-order valence-electron chi connectivity index (χ0n) is 11.3. The summed E-state index contributed by atoms with van der Waals surface area (Å²) >= 11 is 0. The largest absolute Gasteiger partial charge is 0.385 e. The molecule has 0 saturated heterocycles. The maximum absolute atomic E-state index is 5.51. The van der Waals surface area contributed by atoms with E-state index in [2.05, 4.69) is 19.2 Å². The normalized spacial score (nSPS) is 11.2. The summed E-state index contributed by atoms with van der Waals surface area (Å²) in [6, 6.07) is 0. The van der Waals surface area contributed by atoms with E-state index in [9.17, 15) is 0 Å². The molecule has 0 amide bonds. The summed E-state index contributed by atoms with van der Waals surface area (Å²) in [6.07, 6.45) is 4.81. The average Bonchev–Trinajstić information content (AvgIpc) is 2.25. The standard InChI is InChI=1S/C13H29NO2/c1-13(2)7-11-16-12-9-14-8-5-4-6-10-15-3/h13-14H,4-12H2,1-3H3. The van der Waals surface area contributed by atoms with Crippen LogP contribution in [0.2, 0.25) is 0 Å². The molecule has 0 aromatic rings. The molecule has 0 rings (SSSR count). The minimum absolute atomic E-state index is 0.744. The molecule has 16 heavy (non-hydrogen) atoms. The van der Waals surface area contributed by atoms with Crippen LogP contribution >= 0.6 is 0 Å². The van der Waals surface area contributed by atoms with Crippen molar-refractivity contribution in [2.45, 2.75) is 39.5 Å². The van der Waals surface area contributed by atoms with Crippen LogP contribution in [0.25, 0.3) is 0 Å². The number of nitrogens with one attached hydrogen (secondary N) is 1. The van der Waals surface area contributed by atoms with Gasteiger partial charge in [0.2, 0.25) is 0 Å². The van der Waals surface area contributed by atoms with Gasteiger partial charge < -0.3 is 14.8 Å². The van der Waals surface area contributed by atoms with Crippen molar-refractivity contribution in [3.05, 3.63) is 0 Å². The molecule has 0 unspecified atom stereocenters. The van der Waals surface area contributed by atoms with Gasteiger partial charge in [-0.2, -0.15) is 0 Å². The Balaban J connectivity index is 2.88. The number of ether oxygens (including phenoxy) is 2. The Morgan fingerprint density at radius 2 is 1.75 bits per heavy atom. The summed E-state index contributed by atoms with van der Waals surface area (Å²) < 4.78 is 10.5. The fraction of sp³-hybridized carbons (Fsp3) is 1.00. The molecule has 0 bridgehead atoms. The van der Waals surface area contributed by atoms with Crippen molar-refractivity contribution in [3.8, 4) is 0 Å². The van der Waals surface area contributed by atoms with Crippen LogP contribution in [0, 0.1) is 5.92 Å². The van der Waals surface area contributed by atoms with Crippen LogP contribution in [0.1, 0.15) is 39.5 Å². The molecule has 0 aromatic carbocycles. The van der Waals surface area contributed by atoms with Crippen molar-refractivity contribution < 1.29 is 9.47 Å². The first kappa shape index (κ1) is 15.9. The third-order valence-electron chi connectivity index (χ3n) is 2.46. The molecule has 0 heterocycles. The van der Waals surface area contributed by atoms with E-state index < -0.39 is 0 Å². The molecule has 0 aliphatic heterocycles. The lowest BCUT2D eigenvalue weighted by molar-refractivity contribution is 0.125. The van der Waals surface area contributed by atoms with Gasteiger partial charge in [0.15, 0.2) is 0 Å². The maximum atomic E-state index is 5.51. The first-order valence-electron chi connectivity index (χ1n) is 6.54. The van der Waals surface area contributed by atoms with E-state index in [4.69, 9.17) is 9.47 Å². The van der Waals surface area contributed by atoms with E-state index in [1.807, 2.05) is 0 Å². The van der Waals surface area contributed by atoms with Crippen LogP contribution in [0.3, 0.4) is 0 Å². The fourth-order valence-electron chi connectivity index (χ4n) is 1.36. The van der Waals surface area contributed by atoms with Gasteiger partial charge in [0.1, 0.15) is 0 Å². The minimum atomic E-state index is 0.744. The molecule has 0 fully saturated rings. The zero-order valence-corrected chi connectivity index (χ0v) is 11.3. The van der Waals surface area contributed by atoms with Crippen LogP contribution in [0.15, 0.2) is 0 Å². The molecular weight excluding hydrogens is 202 g/mol. The molecule has 3 nitrogen and oxygen atoms in total.